The Bertz CT molecular complexity index is 1200. The van der Waals surface area contributed by atoms with Crippen LogP contribution < -0.4 is 10.0 Å². The summed E-state index contributed by atoms with van der Waals surface area (Å²) in [5, 5.41) is 2.85. The third kappa shape index (κ3) is 5.92. The fraction of sp³-hybridized carbons (Fsp3) is 0.280. The Morgan fingerprint density at radius 3 is 2.29 bits per heavy atom. The molecule has 1 aliphatic heterocycles. The van der Waals surface area contributed by atoms with E-state index in [1.165, 1.54) is 18.4 Å². The number of sulfonamides is 1. The fourth-order valence-electron chi connectivity index (χ4n) is 3.92. The van der Waals surface area contributed by atoms with Gasteiger partial charge in [0.25, 0.3) is 5.91 Å². The van der Waals surface area contributed by atoms with E-state index in [0.717, 1.165) is 5.56 Å². The van der Waals surface area contributed by atoms with Gasteiger partial charge in [0.1, 0.15) is 0 Å². The van der Waals surface area contributed by atoms with Crippen molar-refractivity contribution in [1.29, 1.82) is 0 Å². The van der Waals surface area contributed by atoms with Crippen LogP contribution in [0, 0.1) is 5.92 Å². The van der Waals surface area contributed by atoms with Crippen molar-refractivity contribution in [2.24, 2.45) is 5.92 Å². The number of piperidine rings is 1. The highest BCUT2D eigenvalue weighted by Gasteiger charge is 2.28. The van der Waals surface area contributed by atoms with E-state index < -0.39 is 10.0 Å². The third-order valence-electron chi connectivity index (χ3n) is 5.87. The van der Waals surface area contributed by atoms with Crippen molar-refractivity contribution in [2.75, 3.05) is 25.0 Å². The van der Waals surface area contributed by atoms with Crippen LogP contribution in [0.2, 0.25) is 0 Å². The van der Waals surface area contributed by atoms with Crippen LogP contribution in [0.3, 0.4) is 0 Å². The summed E-state index contributed by atoms with van der Waals surface area (Å²) < 4.78 is 32.8. The first-order valence-electron chi connectivity index (χ1n) is 11.2. The molecule has 0 saturated carbocycles. The predicted octanol–water partition coefficient (Wildman–Crippen LogP) is 3.29. The zero-order chi connectivity index (χ0) is 24.0. The molecule has 1 saturated heterocycles. The fourth-order valence-corrected chi connectivity index (χ4v) is 4.95. The van der Waals surface area contributed by atoms with Gasteiger partial charge < -0.3 is 14.6 Å². The van der Waals surface area contributed by atoms with Crippen LogP contribution in [0.5, 0.6) is 0 Å². The van der Waals surface area contributed by atoms with Crippen molar-refractivity contribution in [3.8, 4) is 0 Å². The quantitative estimate of drug-likeness (QED) is 0.513. The van der Waals surface area contributed by atoms with E-state index in [9.17, 15) is 18.0 Å². The number of benzene rings is 2. The van der Waals surface area contributed by atoms with Crippen molar-refractivity contribution in [3.05, 3.63) is 84.3 Å². The minimum Gasteiger partial charge on any atom is -0.459 e. The van der Waals surface area contributed by atoms with Gasteiger partial charge in [0.05, 0.1) is 11.2 Å². The van der Waals surface area contributed by atoms with Crippen LogP contribution in [0.1, 0.15) is 29.0 Å². The van der Waals surface area contributed by atoms with Gasteiger partial charge in [-0.2, -0.15) is 0 Å². The number of amides is 2. The number of nitrogens with zero attached hydrogens (tertiary/aromatic N) is 1. The average Bonchev–Trinajstić information content (AvgIpc) is 3.40. The Morgan fingerprint density at radius 2 is 1.65 bits per heavy atom. The molecule has 2 amide bonds. The largest absolute Gasteiger partial charge is 0.459 e. The maximum absolute atomic E-state index is 12.7. The lowest BCUT2D eigenvalue weighted by atomic mass is 9.95. The Kier molecular flexibility index (Phi) is 7.44. The average molecular weight is 482 g/mol. The monoisotopic (exact) mass is 481 g/mol. The minimum absolute atomic E-state index is 0.137. The first kappa shape index (κ1) is 23.7. The molecule has 0 radical (unpaired) electrons. The molecule has 0 atom stereocenters. The number of hydrogen-bond donors (Lipinski definition) is 2. The number of rotatable bonds is 8. The predicted molar refractivity (Wildman–Crippen MR) is 128 cm³/mol. The van der Waals surface area contributed by atoms with E-state index in [-0.39, 0.29) is 22.6 Å². The summed E-state index contributed by atoms with van der Waals surface area (Å²) in [6.45, 7) is 1.25. The van der Waals surface area contributed by atoms with E-state index in [1.807, 2.05) is 30.3 Å². The normalized spacial score (nSPS) is 14.6. The number of carbonyl (C=O) groups is 2. The number of furan rings is 1. The standard InChI is InChI=1S/C25H27N3O5S/c29-24(20-13-16-28(17-14-20)25(30)23-7-4-18-33-23)27-21-8-10-22(11-9-21)34(31,32)26-15-12-19-5-2-1-3-6-19/h1-11,18,20,26H,12-17H2,(H,27,29). The summed E-state index contributed by atoms with van der Waals surface area (Å²) in [7, 11) is -3.64. The second-order valence-electron chi connectivity index (χ2n) is 8.19. The van der Waals surface area contributed by atoms with Crippen molar-refractivity contribution in [3.63, 3.8) is 0 Å². The molecule has 8 nitrogen and oxygen atoms in total. The summed E-state index contributed by atoms with van der Waals surface area (Å²) in [5.74, 6) is -0.226. The first-order chi connectivity index (χ1) is 16.4. The van der Waals surface area contributed by atoms with Crippen molar-refractivity contribution < 1.29 is 22.4 Å². The van der Waals surface area contributed by atoms with Gasteiger partial charge in [-0.3, -0.25) is 9.59 Å². The molecule has 0 spiro atoms. The third-order valence-corrected chi connectivity index (χ3v) is 7.34. The molecule has 34 heavy (non-hydrogen) atoms. The molecule has 178 valence electrons. The molecule has 0 bridgehead atoms. The molecule has 1 fully saturated rings. The molecule has 3 aromatic rings. The zero-order valence-corrected chi connectivity index (χ0v) is 19.5. The van der Waals surface area contributed by atoms with Crippen LogP contribution in [-0.2, 0) is 21.2 Å². The van der Waals surface area contributed by atoms with E-state index in [2.05, 4.69) is 10.0 Å². The Morgan fingerprint density at radius 1 is 0.941 bits per heavy atom. The molecule has 0 unspecified atom stereocenters. The summed E-state index contributed by atoms with van der Waals surface area (Å²) in [6, 6.07) is 19.1. The van der Waals surface area contributed by atoms with Crippen molar-refractivity contribution in [2.45, 2.75) is 24.2 Å². The highest BCUT2D eigenvalue weighted by Crippen LogP contribution is 2.22. The first-order valence-corrected chi connectivity index (χ1v) is 12.7. The van der Waals surface area contributed by atoms with Crippen molar-refractivity contribution >= 4 is 27.5 Å². The van der Waals surface area contributed by atoms with Crippen molar-refractivity contribution in [1.82, 2.24) is 9.62 Å². The molecule has 9 heteroatoms. The van der Waals surface area contributed by atoms with E-state index in [4.69, 9.17) is 4.42 Å². The van der Waals surface area contributed by atoms with Gasteiger partial charge in [-0.25, -0.2) is 13.1 Å². The highest BCUT2D eigenvalue weighted by molar-refractivity contribution is 7.89. The Hall–Kier alpha value is -3.43. The maximum Gasteiger partial charge on any atom is 0.289 e. The lowest BCUT2D eigenvalue weighted by Crippen LogP contribution is -2.41. The minimum atomic E-state index is -3.64. The second kappa shape index (κ2) is 10.7. The molecule has 0 aliphatic carbocycles. The summed E-state index contributed by atoms with van der Waals surface area (Å²) in [5.41, 5.74) is 1.58. The van der Waals surface area contributed by atoms with E-state index in [0.29, 0.717) is 50.3 Å². The summed E-state index contributed by atoms with van der Waals surface area (Å²) in [6.07, 6.45) is 3.16. The number of likely N-dealkylation sites (tertiary alicyclic amines) is 1. The van der Waals surface area contributed by atoms with Gasteiger partial charge in [0.2, 0.25) is 15.9 Å². The van der Waals surface area contributed by atoms with Gasteiger partial charge in [-0.05, 0) is 61.2 Å². The van der Waals surface area contributed by atoms with Gasteiger partial charge in [0, 0.05) is 31.2 Å². The Labute approximate surface area is 199 Å². The number of anilines is 1. The molecular formula is C25H27N3O5S. The van der Waals surface area contributed by atoms with Gasteiger partial charge >= 0.3 is 0 Å². The Balaban J connectivity index is 1.26. The summed E-state index contributed by atoms with van der Waals surface area (Å²) >= 11 is 0. The van der Waals surface area contributed by atoms with Crippen LogP contribution >= 0.6 is 0 Å². The molecule has 2 heterocycles. The second-order valence-corrected chi connectivity index (χ2v) is 9.96. The number of carbonyl (C=O) groups excluding carboxylic acids is 2. The van der Waals surface area contributed by atoms with Gasteiger partial charge in [-0.1, -0.05) is 30.3 Å². The van der Waals surface area contributed by atoms with E-state index in [1.54, 1.807) is 29.2 Å². The molecule has 1 aromatic heterocycles. The zero-order valence-electron chi connectivity index (χ0n) is 18.6. The molecular weight excluding hydrogens is 454 g/mol. The number of hydrogen-bond acceptors (Lipinski definition) is 5. The van der Waals surface area contributed by atoms with Gasteiger partial charge in [-0.15, -0.1) is 0 Å². The van der Waals surface area contributed by atoms with E-state index >= 15 is 0 Å². The molecule has 2 N–H and O–H groups in total. The molecule has 4 rings (SSSR count). The van der Waals surface area contributed by atoms with Gasteiger partial charge in [0.15, 0.2) is 5.76 Å². The van der Waals surface area contributed by atoms with Crippen LogP contribution in [-0.4, -0.2) is 44.8 Å². The van der Waals surface area contributed by atoms with Crippen LogP contribution in [0.25, 0.3) is 0 Å². The smallest absolute Gasteiger partial charge is 0.289 e. The summed E-state index contributed by atoms with van der Waals surface area (Å²) in [4.78, 5) is 26.9. The SMILES string of the molecule is O=C(Nc1ccc(S(=O)(=O)NCCc2ccccc2)cc1)C1CCN(C(=O)c2ccco2)CC1. The number of nitrogens with one attached hydrogen (secondary N) is 2. The van der Waals surface area contributed by atoms with Crippen LogP contribution in [0.4, 0.5) is 5.69 Å². The molecule has 1 aliphatic rings. The lowest BCUT2D eigenvalue weighted by Gasteiger charge is -2.30. The van der Waals surface area contributed by atoms with Crippen LogP contribution in [0.15, 0.2) is 82.3 Å². The molecule has 2 aromatic carbocycles. The lowest BCUT2D eigenvalue weighted by molar-refractivity contribution is -0.121. The maximum atomic E-state index is 12.7. The topological polar surface area (TPSA) is 109 Å². The highest BCUT2D eigenvalue weighted by atomic mass is 32.2.